The van der Waals surface area contributed by atoms with Crippen LogP contribution in [0.15, 0.2) is 0 Å². The monoisotopic (exact) mass is 371 g/mol. The van der Waals surface area contributed by atoms with Gasteiger partial charge in [0.15, 0.2) is 0 Å². The van der Waals surface area contributed by atoms with Crippen molar-refractivity contribution < 1.29 is 29.5 Å². The van der Waals surface area contributed by atoms with Crippen molar-refractivity contribution in [3.8, 4) is 0 Å². The van der Waals surface area contributed by atoms with Gasteiger partial charge in [-0.05, 0) is 25.2 Å². The third-order valence-electron chi connectivity index (χ3n) is 4.61. The first-order valence-electron chi connectivity index (χ1n) is 8.99. The van der Waals surface area contributed by atoms with Crippen molar-refractivity contribution in [1.29, 1.82) is 0 Å². The lowest BCUT2D eigenvalue weighted by Gasteiger charge is -2.29. The molecule has 0 aromatic heterocycles. The predicted molar refractivity (Wildman–Crippen MR) is 92.1 cm³/mol. The zero-order valence-corrected chi connectivity index (χ0v) is 15.5. The van der Waals surface area contributed by atoms with Crippen LogP contribution in [0, 0.1) is 11.8 Å². The second kappa shape index (κ2) is 10.1. The van der Waals surface area contributed by atoms with E-state index in [1.165, 1.54) is 10.4 Å². The number of carbonyl (C=O) groups is 4. The van der Waals surface area contributed by atoms with Gasteiger partial charge in [-0.3, -0.25) is 19.6 Å². The summed E-state index contributed by atoms with van der Waals surface area (Å²) < 4.78 is 0. The maximum atomic E-state index is 12.8. The molecule has 1 fully saturated rings. The van der Waals surface area contributed by atoms with E-state index >= 15 is 0 Å². The molecule has 0 aliphatic carbocycles. The number of likely N-dealkylation sites (tertiary alicyclic amines) is 1. The minimum atomic E-state index is -1.12. The smallest absolute Gasteiger partial charge is 0.326 e. The molecule has 0 bridgehead atoms. The molecule has 4 N–H and O–H groups in total. The molecule has 3 amide bonds. The number of carboxylic acids is 1. The van der Waals surface area contributed by atoms with E-state index in [-0.39, 0.29) is 18.2 Å². The average Bonchev–Trinajstić information content (AvgIpc) is 3.07. The fourth-order valence-electron chi connectivity index (χ4n) is 3.23. The summed E-state index contributed by atoms with van der Waals surface area (Å²) in [6, 6.07) is -1.76. The maximum absolute atomic E-state index is 12.8. The highest BCUT2D eigenvalue weighted by molar-refractivity contribution is 5.92. The largest absolute Gasteiger partial charge is 0.480 e. The third-order valence-corrected chi connectivity index (χ3v) is 4.61. The highest BCUT2D eigenvalue weighted by Crippen LogP contribution is 2.24. The molecule has 9 heteroatoms. The lowest BCUT2D eigenvalue weighted by molar-refractivity contribution is -0.147. The Hall–Kier alpha value is -2.16. The lowest BCUT2D eigenvalue weighted by Crippen LogP contribution is -2.53. The van der Waals surface area contributed by atoms with Crippen LogP contribution in [0.2, 0.25) is 0 Å². The van der Waals surface area contributed by atoms with E-state index in [0.29, 0.717) is 32.2 Å². The van der Waals surface area contributed by atoms with Gasteiger partial charge in [0.2, 0.25) is 17.7 Å². The fraction of sp³-hybridized carbons (Fsp3) is 0.765. The Morgan fingerprint density at radius 3 is 2.38 bits per heavy atom. The Balaban J connectivity index is 2.86. The first-order valence-corrected chi connectivity index (χ1v) is 8.99. The number of hydroxylamine groups is 1. The van der Waals surface area contributed by atoms with E-state index in [1.54, 1.807) is 13.8 Å². The molecule has 1 saturated heterocycles. The summed E-state index contributed by atoms with van der Waals surface area (Å²) in [6.45, 7) is 5.66. The molecular formula is C17H29N3O6. The summed E-state index contributed by atoms with van der Waals surface area (Å²) in [7, 11) is 0. The summed E-state index contributed by atoms with van der Waals surface area (Å²) in [4.78, 5) is 49.5. The second-order valence-corrected chi connectivity index (χ2v) is 6.98. The van der Waals surface area contributed by atoms with Crippen molar-refractivity contribution in [2.24, 2.45) is 11.8 Å². The minimum absolute atomic E-state index is 0.155. The first kappa shape index (κ1) is 21.9. The molecule has 148 valence electrons. The molecule has 1 aliphatic rings. The van der Waals surface area contributed by atoms with Crippen molar-refractivity contribution in [2.45, 2.75) is 65.0 Å². The standard InChI is InChI=1S/C17H29N3O6/c1-4-6-11(9-13(21)19-26)16(23)20-8-5-7-12(20)15(22)18-14(10(2)3)17(24)25/h10-12,14,26H,4-9H2,1-3H3,(H,18,22)(H,19,21)(H,24,25)/t11-,12+,14+/m1/s1. The van der Waals surface area contributed by atoms with Gasteiger partial charge in [-0.15, -0.1) is 0 Å². The van der Waals surface area contributed by atoms with Crippen LogP contribution in [-0.4, -0.2) is 57.5 Å². The fourth-order valence-corrected chi connectivity index (χ4v) is 3.23. The maximum Gasteiger partial charge on any atom is 0.326 e. The van der Waals surface area contributed by atoms with Crippen LogP contribution in [0.3, 0.4) is 0 Å². The number of amides is 3. The number of carbonyl (C=O) groups excluding carboxylic acids is 3. The number of hydrogen-bond donors (Lipinski definition) is 4. The molecular weight excluding hydrogens is 342 g/mol. The van der Waals surface area contributed by atoms with Crippen molar-refractivity contribution in [3.05, 3.63) is 0 Å². The molecule has 1 rings (SSSR count). The summed E-state index contributed by atoms with van der Waals surface area (Å²) in [5.74, 6) is -3.48. The molecule has 1 heterocycles. The number of hydrogen-bond acceptors (Lipinski definition) is 5. The van der Waals surface area contributed by atoms with Gasteiger partial charge >= 0.3 is 5.97 Å². The normalized spacial score (nSPS) is 19.1. The van der Waals surface area contributed by atoms with Gasteiger partial charge in [0, 0.05) is 18.9 Å². The molecule has 9 nitrogen and oxygen atoms in total. The van der Waals surface area contributed by atoms with Crippen molar-refractivity contribution in [3.63, 3.8) is 0 Å². The predicted octanol–water partition coefficient (Wildman–Crippen LogP) is 0.515. The zero-order chi connectivity index (χ0) is 19.9. The van der Waals surface area contributed by atoms with Gasteiger partial charge in [0.05, 0.1) is 0 Å². The Labute approximate surface area is 153 Å². The Morgan fingerprint density at radius 1 is 1.23 bits per heavy atom. The van der Waals surface area contributed by atoms with E-state index in [2.05, 4.69) is 5.32 Å². The van der Waals surface area contributed by atoms with Gasteiger partial charge in [0.25, 0.3) is 0 Å². The van der Waals surface area contributed by atoms with Gasteiger partial charge in [-0.2, -0.15) is 0 Å². The van der Waals surface area contributed by atoms with Crippen LogP contribution >= 0.6 is 0 Å². The molecule has 3 atom stereocenters. The quantitative estimate of drug-likeness (QED) is 0.344. The van der Waals surface area contributed by atoms with Crippen molar-refractivity contribution in [2.75, 3.05) is 6.54 Å². The molecule has 0 aromatic carbocycles. The van der Waals surface area contributed by atoms with Crippen molar-refractivity contribution in [1.82, 2.24) is 15.7 Å². The second-order valence-electron chi connectivity index (χ2n) is 6.98. The number of carboxylic acid groups (broad SMARTS) is 1. The van der Waals surface area contributed by atoms with Crippen LogP contribution in [-0.2, 0) is 19.2 Å². The molecule has 0 saturated carbocycles. The first-order chi connectivity index (χ1) is 12.2. The third kappa shape index (κ3) is 5.69. The van der Waals surface area contributed by atoms with E-state index in [4.69, 9.17) is 5.21 Å². The Morgan fingerprint density at radius 2 is 1.88 bits per heavy atom. The van der Waals surface area contributed by atoms with Gasteiger partial charge < -0.3 is 15.3 Å². The number of nitrogens with zero attached hydrogens (tertiary/aromatic N) is 1. The van der Waals surface area contributed by atoms with Crippen LogP contribution in [0.1, 0.15) is 52.9 Å². The SMILES string of the molecule is CCC[C@H](CC(=O)NO)C(=O)N1CCC[C@H]1C(=O)N[C@H](C(=O)O)C(C)C. The lowest BCUT2D eigenvalue weighted by atomic mass is 9.97. The Bertz CT molecular complexity index is 537. The molecule has 0 aromatic rings. The molecule has 0 unspecified atom stereocenters. The van der Waals surface area contributed by atoms with Crippen LogP contribution in [0.5, 0.6) is 0 Å². The van der Waals surface area contributed by atoms with E-state index < -0.39 is 35.8 Å². The highest BCUT2D eigenvalue weighted by atomic mass is 16.5. The summed E-state index contributed by atoms with van der Waals surface area (Å²) >= 11 is 0. The van der Waals surface area contributed by atoms with E-state index in [1.807, 2.05) is 6.92 Å². The van der Waals surface area contributed by atoms with E-state index in [9.17, 15) is 24.3 Å². The topological polar surface area (TPSA) is 136 Å². The average molecular weight is 371 g/mol. The van der Waals surface area contributed by atoms with Crippen LogP contribution in [0.25, 0.3) is 0 Å². The molecule has 0 spiro atoms. The summed E-state index contributed by atoms with van der Waals surface area (Å²) in [5, 5.41) is 20.4. The van der Waals surface area contributed by atoms with Crippen LogP contribution in [0.4, 0.5) is 0 Å². The highest BCUT2D eigenvalue weighted by Gasteiger charge is 2.38. The van der Waals surface area contributed by atoms with Gasteiger partial charge in [-0.1, -0.05) is 27.2 Å². The van der Waals surface area contributed by atoms with Crippen molar-refractivity contribution >= 4 is 23.7 Å². The van der Waals surface area contributed by atoms with Gasteiger partial charge in [-0.25, -0.2) is 10.3 Å². The number of aliphatic carboxylic acids is 1. The molecule has 26 heavy (non-hydrogen) atoms. The summed E-state index contributed by atoms with van der Waals surface area (Å²) in [6.07, 6.45) is 2.06. The van der Waals surface area contributed by atoms with E-state index in [0.717, 1.165) is 0 Å². The Kier molecular flexibility index (Phi) is 8.50. The molecule has 0 radical (unpaired) electrons. The summed E-state index contributed by atoms with van der Waals surface area (Å²) in [5.41, 5.74) is 1.53. The number of nitrogens with one attached hydrogen (secondary N) is 2. The number of rotatable bonds is 9. The van der Waals surface area contributed by atoms with Crippen LogP contribution < -0.4 is 10.8 Å². The van der Waals surface area contributed by atoms with Gasteiger partial charge in [0.1, 0.15) is 12.1 Å². The molecule has 1 aliphatic heterocycles. The zero-order valence-electron chi connectivity index (χ0n) is 15.5. The minimum Gasteiger partial charge on any atom is -0.480 e.